The molecule has 0 fully saturated rings. The Morgan fingerprint density at radius 1 is 1.30 bits per heavy atom. The van der Waals surface area contributed by atoms with Crippen molar-refractivity contribution in [3.63, 3.8) is 0 Å². The molecule has 0 radical (unpaired) electrons. The van der Waals surface area contributed by atoms with Crippen LogP contribution in [0.1, 0.15) is 30.9 Å². The highest BCUT2D eigenvalue weighted by Crippen LogP contribution is 2.39. The number of aromatic nitrogens is 2. The molecule has 0 amide bonds. The van der Waals surface area contributed by atoms with Crippen molar-refractivity contribution in [3.05, 3.63) is 34.3 Å². The maximum Gasteiger partial charge on any atom is 0.416 e. The minimum absolute atomic E-state index is 0.283. The lowest BCUT2D eigenvalue weighted by Crippen LogP contribution is -2.07. The molecule has 23 heavy (non-hydrogen) atoms. The number of fused-ring (bicyclic) bond motifs is 1. The van der Waals surface area contributed by atoms with Crippen LogP contribution >= 0.6 is 11.6 Å². The summed E-state index contributed by atoms with van der Waals surface area (Å²) in [6, 6.07) is 3.39. The van der Waals surface area contributed by atoms with E-state index in [1.54, 1.807) is 4.68 Å². The Labute approximate surface area is 137 Å². The lowest BCUT2D eigenvalue weighted by molar-refractivity contribution is -0.137. The summed E-state index contributed by atoms with van der Waals surface area (Å²) in [4.78, 5) is 0. The van der Waals surface area contributed by atoms with E-state index in [4.69, 9.17) is 11.6 Å². The average Bonchev–Trinajstić information content (AvgIpc) is 2.68. The Balaban J connectivity index is 2.17. The van der Waals surface area contributed by atoms with Gasteiger partial charge in [0.15, 0.2) is 0 Å². The zero-order valence-corrected chi connectivity index (χ0v) is 13.4. The highest BCUT2D eigenvalue weighted by molar-refractivity contribution is 6.33. The first kappa shape index (κ1) is 16.2. The van der Waals surface area contributed by atoms with Gasteiger partial charge >= 0.3 is 6.18 Å². The second kappa shape index (κ2) is 6.07. The van der Waals surface area contributed by atoms with Gasteiger partial charge in [0.25, 0.3) is 0 Å². The van der Waals surface area contributed by atoms with Gasteiger partial charge in [0.05, 0.1) is 16.3 Å². The van der Waals surface area contributed by atoms with E-state index < -0.39 is 11.7 Å². The number of hydrogen-bond donors (Lipinski definition) is 1. The van der Waals surface area contributed by atoms with E-state index in [0.717, 1.165) is 49.3 Å². The highest BCUT2D eigenvalue weighted by atomic mass is 35.5. The predicted molar refractivity (Wildman–Crippen MR) is 84.8 cm³/mol. The number of alkyl halides is 3. The molecule has 0 unspecified atom stereocenters. The predicted octanol–water partition coefficient (Wildman–Crippen LogP) is 4.99. The van der Waals surface area contributed by atoms with Crippen molar-refractivity contribution in [2.24, 2.45) is 0 Å². The van der Waals surface area contributed by atoms with Crippen LogP contribution < -0.4 is 5.32 Å². The van der Waals surface area contributed by atoms with Gasteiger partial charge in [0.2, 0.25) is 0 Å². The molecular weight excluding hydrogens is 327 g/mol. The SMILES string of the molecule is CCn1nc(-c2cc(C(F)(F)F)ccc2Cl)c2c1NCCCC2. The van der Waals surface area contributed by atoms with Crippen molar-refractivity contribution < 1.29 is 13.2 Å². The quantitative estimate of drug-likeness (QED) is 0.832. The number of nitrogens with zero attached hydrogens (tertiary/aromatic N) is 2. The fourth-order valence-corrected chi connectivity index (χ4v) is 3.10. The normalized spacial score (nSPS) is 15.0. The monoisotopic (exact) mass is 343 g/mol. The third kappa shape index (κ3) is 3.04. The minimum Gasteiger partial charge on any atom is -0.370 e. The lowest BCUT2D eigenvalue weighted by atomic mass is 10.0. The summed E-state index contributed by atoms with van der Waals surface area (Å²) in [5, 5.41) is 8.13. The third-order valence-corrected chi connectivity index (χ3v) is 4.37. The molecule has 1 aromatic carbocycles. The second-order valence-electron chi connectivity index (χ2n) is 5.57. The lowest BCUT2D eigenvalue weighted by Gasteiger charge is -2.10. The first-order valence-corrected chi connectivity index (χ1v) is 8.00. The van der Waals surface area contributed by atoms with E-state index in [1.165, 1.54) is 6.07 Å². The van der Waals surface area contributed by atoms with Crippen LogP contribution in [-0.4, -0.2) is 16.3 Å². The summed E-state index contributed by atoms with van der Waals surface area (Å²) < 4.78 is 40.8. The van der Waals surface area contributed by atoms with Gasteiger partial charge in [-0.15, -0.1) is 0 Å². The topological polar surface area (TPSA) is 29.9 Å². The second-order valence-corrected chi connectivity index (χ2v) is 5.97. The van der Waals surface area contributed by atoms with Gasteiger partial charge in [-0.25, -0.2) is 4.68 Å². The molecule has 0 saturated carbocycles. The first-order chi connectivity index (χ1) is 10.9. The smallest absolute Gasteiger partial charge is 0.370 e. The summed E-state index contributed by atoms with van der Waals surface area (Å²) in [5.74, 6) is 0.897. The summed E-state index contributed by atoms with van der Waals surface area (Å²) in [6.45, 7) is 3.44. The van der Waals surface area contributed by atoms with Crippen LogP contribution in [0, 0.1) is 0 Å². The van der Waals surface area contributed by atoms with Gasteiger partial charge in [0, 0.05) is 24.2 Å². The molecule has 0 aliphatic carbocycles. The van der Waals surface area contributed by atoms with Gasteiger partial charge in [-0.1, -0.05) is 11.6 Å². The standard InChI is InChI=1S/C16H17ClF3N3/c1-2-23-15-11(5-3-4-8-21-15)14(22-23)12-9-10(16(18,19)20)6-7-13(12)17/h6-7,9,21H,2-5,8H2,1H3. The molecule has 1 aromatic heterocycles. The van der Waals surface area contributed by atoms with Crippen molar-refractivity contribution in [1.82, 2.24) is 9.78 Å². The van der Waals surface area contributed by atoms with Crippen molar-refractivity contribution in [3.8, 4) is 11.3 Å². The number of halogens is 4. The van der Waals surface area contributed by atoms with E-state index in [1.807, 2.05) is 6.92 Å². The molecule has 0 bridgehead atoms. The van der Waals surface area contributed by atoms with E-state index >= 15 is 0 Å². The number of benzene rings is 1. The van der Waals surface area contributed by atoms with Crippen molar-refractivity contribution in [2.45, 2.75) is 38.9 Å². The van der Waals surface area contributed by atoms with Crippen LogP contribution in [0.4, 0.5) is 19.0 Å². The van der Waals surface area contributed by atoms with Crippen LogP contribution in [0.25, 0.3) is 11.3 Å². The molecule has 3 nitrogen and oxygen atoms in total. The third-order valence-electron chi connectivity index (χ3n) is 4.04. The molecular formula is C16H17ClF3N3. The Morgan fingerprint density at radius 2 is 2.09 bits per heavy atom. The highest BCUT2D eigenvalue weighted by Gasteiger charge is 2.32. The van der Waals surface area contributed by atoms with Crippen molar-refractivity contribution in [1.29, 1.82) is 0 Å². The summed E-state index contributed by atoms with van der Waals surface area (Å²) in [7, 11) is 0. The molecule has 1 aliphatic heterocycles. The zero-order valence-electron chi connectivity index (χ0n) is 12.7. The number of nitrogens with one attached hydrogen (secondary N) is 1. The molecule has 0 atom stereocenters. The minimum atomic E-state index is -4.40. The van der Waals surface area contributed by atoms with Gasteiger partial charge < -0.3 is 5.32 Å². The van der Waals surface area contributed by atoms with Gasteiger partial charge in [-0.05, 0) is 44.4 Å². The summed E-state index contributed by atoms with van der Waals surface area (Å²) >= 11 is 6.18. The van der Waals surface area contributed by atoms with E-state index in [2.05, 4.69) is 10.4 Å². The molecule has 7 heteroatoms. The Kier molecular flexibility index (Phi) is 4.27. The average molecular weight is 344 g/mol. The summed E-state index contributed by atoms with van der Waals surface area (Å²) in [6.07, 6.45) is -1.63. The van der Waals surface area contributed by atoms with Crippen LogP contribution in [0.5, 0.6) is 0 Å². The number of rotatable bonds is 2. The van der Waals surface area contributed by atoms with E-state index in [9.17, 15) is 13.2 Å². The number of hydrogen-bond acceptors (Lipinski definition) is 2. The molecule has 1 aliphatic rings. The first-order valence-electron chi connectivity index (χ1n) is 7.62. The fourth-order valence-electron chi connectivity index (χ4n) is 2.90. The maximum atomic E-state index is 13.0. The molecule has 1 N–H and O–H groups in total. The van der Waals surface area contributed by atoms with Gasteiger partial charge in [-0.3, -0.25) is 0 Å². The van der Waals surface area contributed by atoms with Crippen LogP contribution in [-0.2, 0) is 19.1 Å². The van der Waals surface area contributed by atoms with Gasteiger partial charge in [0.1, 0.15) is 5.82 Å². The zero-order chi connectivity index (χ0) is 16.6. The Hall–Kier alpha value is -1.69. The number of aryl methyl sites for hydroxylation is 1. The van der Waals surface area contributed by atoms with Crippen LogP contribution in [0.3, 0.4) is 0 Å². The van der Waals surface area contributed by atoms with Crippen molar-refractivity contribution in [2.75, 3.05) is 11.9 Å². The Morgan fingerprint density at radius 3 is 2.78 bits per heavy atom. The van der Waals surface area contributed by atoms with E-state index in [-0.39, 0.29) is 5.02 Å². The molecule has 3 rings (SSSR count). The van der Waals surface area contributed by atoms with Crippen molar-refractivity contribution >= 4 is 17.4 Å². The van der Waals surface area contributed by atoms with Gasteiger partial charge in [-0.2, -0.15) is 18.3 Å². The molecule has 0 spiro atoms. The molecule has 2 aromatic rings. The van der Waals surface area contributed by atoms with E-state index in [0.29, 0.717) is 17.8 Å². The summed E-state index contributed by atoms with van der Waals surface area (Å²) in [5.41, 5.74) is 1.13. The maximum absolute atomic E-state index is 13.0. The molecule has 124 valence electrons. The number of anilines is 1. The Bertz CT molecular complexity index is 722. The molecule has 2 heterocycles. The van der Waals surface area contributed by atoms with Crippen LogP contribution in [0.15, 0.2) is 18.2 Å². The fraction of sp³-hybridized carbons (Fsp3) is 0.438. The van der Waals surface area contributed by atoms with Crippen LogP contribution in [0.2, 0.25) is 5.02 Å². The molecule has 0 saturated heterocycles. The largest absolute Gasteiger partial charge is 0.416 e.